The summed E-state index contributed by atoms with van der Waals surface area (Å²) in [6.07, 6.45) is 3.63. The lowest BCUT2D eigenvalue weighted by Crippen LogP contribution is -2.34. The van der Waals surface area contributed by atoms with Crippen LogP contribution < -0.4 is 24.8 Å². The lowest BCUT2D eigenvalue weighted by Gasteiger charge is -2.40. The van der Waals surface area contributed by atoms with Gasteiger partial charge in [-0.15, -0.1) is 11.8 Å². The van der Waals surface area contributed by atoms with E-state index in [1.54, 1.807) is 30.5 Å². The summed E-state index contributed by atoms with van der Waals surface area (Å²) in [5.41, 5.74) is 1.53. The Morgan fingerprint density at radius 3 is 2.49 bits per heavy atom. The summed E-state index contributed by atoms with van der Waals surface area (Å²) in [7, 11) is -0.587. The molecule has 2 bridgehead atoms. The van der Waals surface area contributed by atoms with Crippen LogP contribution in [0.15, 0.2) is 57.2 Å². The van der Waals surface area contributed by atoms with E-state index in [2.05, 4.69) is 11.4 Å². The highest BCUT2D eigenvalue weighted by Crippen LogP contribution is 2.64. The minimum absolute atomic E-state index is 0.0401. The minimum Gasteiger partial charge on any atom is -0.493 e. The van der Waals surface area contributed by atoms with Crippen molar-refractivity contribution in [1.29, 1.82) is 0 Å². The molecule has 0 radical (unpaired) electrons. The predicted octanol–water partition coefficient (Wildman–Crippen LogP) is 3.87. The Balaban J connectivity index is 1.33. The van der Waals surface area contributed by atoms with E-state index in [4.69, 9.17) is 14.6 Å². The molecule has 1 amide bonds. The molecule has 2 saturated carbocycles. The maximum Gasteiger partial charge on any atom is 0.308 e. The highest BCUT2D eigenvalue weighted by atomic mass is 32.2. The van der Waals surface area contributed by atoms with Crippen molar-refractivity contribution in [2.75, 3.05) is 19.5 Å². The van der Waals surface area contributed by atoms with Crippen molar-refractivity contribution in [1.82, 2.24) is 4.57 Å². The summed E-state index contributed by atoms with van der Waals surface area (Å²) in [4.78, 5) is 27.1. The number of benzene rings is 2. The normalized spacial score (nSPS) is 25.2. The molecule has 3 aliphatic rings. The third-order valence-electron chi connectivity index (χ3n) is 8.23. The van der Waals surface area contributed by atoms with Gasteiger partial charge < -0.3 is 14.8 Å². The van der Waals surface area contributed by atoms with E-state index in [9.17, 15) is 18.0 Å². The van der Waals surface area contributed by atoms with Gasteiger partial charge in [-0.1, -0.05) is 17.4 Å². The molecular formula is C27H29N3O6S3. The van der Waals surface area contributed by atoms with Crippen molar-refractivity contribution < 1.29 is 22.7 Å². The van der Waals surface area contributed by atoms with Gasteiger partial charge in [0.2, 0.25) is 15.9 Å². The number of nitrogens with one attached hydrogen (secondary N) is 1. The van der Waals surface area contributed by atoms with Crippen molar-refractivity contribution >= 4 is 44.7 Å². The second-order valence-corrected chi connectivity index (χ2v) is 14.0. The second-order valence-electron chi connectivity index (χ2n) is 10.3. The molecule has 39 heavy (non-hydrogen) atoms. The number of nitrogens with two attached hydrogens (primary N) is 1. The molecule has 12 heteroatoms. The van der Waals surface area contributed by atoms with E-state index in [0.717, 1.165) is 15.5 Å². The number of ether oxygens (including phenoxy) is 2. The summed E-state index contributed by atoms with van der Waals surface area (Å²) in [6.45, 7) is -0.126. The van der Waals surface area contributed by atoms with Gasteiger partial charge in [0.05, 0.1) is 24.1 Å². The van der Waals surface area contributed by atoms with Crippen LogP contribution in [0.1, 0.15) is 35.6 Å². The summed E-state index contributed by atoms with van der Waals surface area (Å²) in [5.74, 6) is 2.67. The highest BCUT2D eigenvalue weighted by molar-refractivity contribution is 8.00. The van der Waals surface area contributed by atoms with Crippen LogP contribution in [0.3, 0.4) is 0 Å². The van der Waals surface area contributed by atoms with Crippen LogP contribution >= 0.6 is 23.1 Å². The van der Waals surface area contributed by atoms with Gasteiger partial charge in [-0.3, -0.25) is 14.2 Å². The number of amides is 1. The Bertz CT molecular complexity index is 1600. The van der Waals surface area contributed by atoms with Crippen LogP contribution in [0.25, 0.3) is 0 Å². The first-order valence-electron chi connectivity index (χ1n) is 12.7. The van der Waals surface area contributed by atoms with E-state index in [-0.39, 0.29) is 28.1 Å². The molecule has 2 heterocycles. The average molecular weight is 588 g/mol. The maximum absolute atomic E-state index is 13.3. The minimum atomic E-state index is -3.83. The fraction of sp³-hybridized carbons (Fsp3) is 0.407. The Morgan fingerprint density at radius 1 is 1.08 bits per heavy atom. The SMILES string of the molecule is COc1ccc(C2c3sc(=O)n(CC(=O)Nc4ccc(S(N)(=O)=O)cc4)c3SC3C4CCC(C4)C23)cc1OC. The third-order valence-corrected chi connectivity index (χ3v) is 12.0. The number of nitrogens with zero attached hydrogens (tertiary/aromatic N) is 1. The van der Waals surface area contributed by atoms with Crippen molar-refractivity contribution in [2.24, 2.45) is 22.9 Å². The average Bonchev–Trinajstić information content (AvgIpc) is 3.61. The molecule has 1 aromatic heterocycles. The molecule has 206 valence electrons. The number of thiazole rings is 1. The second kappa shape index (κ2) is 9.99. The summed E-state index contributed by atoms with van der Waals surface area (Å²) >= 11 is 2.99. The smallest absolute Gasteiger partial charge is 0.308 e. The Hall–Kier alpha value is -2.80. The largest absolute Gasteiger partial charge is 0.493 e. The van der Waals surface area contributed by atoms with E-state index in [0.29, 0.717) is 40.2 Å². The Kier molecular flexibility index (Phi) is 6.77. The first-order valence-corrected chi connectivity index (χ1v) is 16.0. The molecule has 1 aliphatic heterocycles. The molecule has 2 aliphatic carbocycles. The number of primary sulfonamides is 1. The Labute approximate surface area is 234 Å². The van der Waals surface area contributed by atoms with E-state index >= 15 is 0 Å². The molecule has 2 fully saturated rings. The number of methoxy groups -OCH3 is 2. The first kappa shape index (κ1) is 26.4. The molecule has 9 nitrogen and oxygen atoms in total. The van der Waals surface area contributed by atoms with Gasteiger partial charge in [0.15, 0.2) is 11.5 Å². The van der Waals surface area contributed by atoms with Gasteiger partial charge in [-0.25, -0.2) is 13.6 Å². The molecule has 6 rings (SSSR count). The van der Waals surface area contributed by atoms with Gasteiger partial charge in [-0.05, 0) is 79.0 Å². The number of aromatic nitrogens is 1. The fourth-order valence-electron chi connectivity index (χ4n) is 6.58. The van der Waals surface area contributed by atoms with Crippen LogP contribution in [0, 0.1) is 17.8 Å². The van der Waals surface area contributed by atoms with Crippen molar-refractivity contribution in [3.05, 3.63) is 62.6 Å². The van der Waals surface area contributed by atoms with Gasteiger partial charge in [-0.2, -0.15) is 0 Å². The van der Waals surface area contributed by atoms with Crippen LogP contribution in [0.5, 0.6) is 11.5 Å². The number of fused-ring (bicyclic) bond motifs is 6. The zero-order valence-electron chi connectivity index (χ0n) is 21.5. The van der Waals surface area contributed by atoms with Gasteiger partial charge in [0, 0.05) is 21.7 Å². The monoisotopic (exact) mass is 587 g/mol. The highest BCUT2D eigenvalue weighted by Gasteiger charge is 2.55. The summed E-state index contributed by atoms with van der Waals surface area (Å²) in [6, 6.07) is 11.6. The van der Waals surface area contributed by atoms with Gasteiger partial charge >= 0.3 is 4.87 Å². The lowest BCUT2D eigenvalue weighted by atomic mass is 9.75. The zero-order chi connectivity index (χ0) is 27.5. The lowest BCUT2D eigenvalue weighted by molar-refractivity contribution is -0.116. The van der Waals surface area contributed by atoms with Crippen LogP contribution in [-0.4, -0.2) is 38.4 Å². The quantitative estimate of drug-likeness (QED) is 0.429. The van der Waals surface area contributed by atoms with Crippen LogP contribution in [0.2, 0.25) is 0 Å². The molecule has 2 aromatic carbocycles. The summed E-state index contributed by atoms with van der Waals surface area (Å²) < 4.78 is 35.7. The number of rotatable bonds is 7. The van der Waals surface area contributed by atoms with E-state index < -0.39 is 10.0 Å². The number of sulfonamides is 1. The Morgan fingerprint density at radius 2 is 1.79 bits per heavy atom. The van der Waals surface area contributed by atoms with Crippen LogP contribution in [0.4, 0.5) is 5.69 Å². The maximum atomic E-state index is 13.3. The number of hydrogen-bond donors (Lipinski definition) is 2. The van der Waals surface area contributed by atoms with Crippen LogP contribution in [-0.2, 0) is 21.4 Å². The molecular weight excluding hydrogens is 559 g/mol. The number of carbonyl (C=O) groups is 1. The number of hydrogen-bond acceptors (Lipinski definition) is 8. The van der Waals surface area contributed by atoms with E-state index in [1.165, 1.54) is 54.9 Å². The molecule has 0 saturated heterocycles. The standard InChI is InChI=1S/C27H29N3O6S3/c1-35-19-10-5-15(12-20(19)36-2)23-22-14-3-4-16(11-14)24(22)37-26-25(23)38-27(32)30(26)13-21(31)29-17-6-8-18(9-7-17)39(28,33)34/h5-10,12,14,16,22-24H,3-4,11,13H2,1-2H3,(H,29,31)(H2,28,33,34). The van der Waals surface area contributed by atoms with Gasteiger partial charge in [0.1, 0.15) is 6.54 Å². The topological polar surface area (TPSA) is 130 Å². The van der Waals surface area contributed by atoms with Crippen molar-refractivity contribution in [3.8, 4) is 11.5 Å². The first-order chi connectivity index (χ1) is 18.7. The number of thioether (sulfide) groups is 1. The molecule has 5 unspecified atom stereocenters. The summed E-state index contributed by atoms with van der Waals surface area (Å²) in [5, 5.41) is 9.19. The third kappa shape index (κ3) is 4.66. The molecule has 3 aromatic rings. The molecule has 5 atom stereocenters. The van der Waals surface area contributed by atoms with Crippen molar-refractivity contribution in [2.45, 2.75) is 46.9 Å². The molecule has 3 N–H and O–H groups in total. The molecule has 0 spiro atoms. The predicted molar refractivity (Wildman–Crippen MR) is 150 cm³/mol. The van der Waals surface area contributed by atoms with Crippen molar-refractivity contribution in [3.63, 3.8) is 0 Å². The fourth-order valence-corrected chi connectivity index (χ4v) is 10.2. The zero-order valence-corrected chi connectivity index (χ0v) is 23.9. The van der Waals surface area contributed by atoms with Gasteiger partial charge in [0.25, 0.3) is 0 Å². The van der Waals surface area contributed by atoms with E-state index in [1.807, 2.05) is 12.1 Å². The number of carbonyl (C=O) groups excluding carboxylic acids is 1. The number of anilines is 1.